The largest absolute Gasteiger partial charge is 0.368 e. The highest BCUT2D eigenvalue weighted by Gasteiger charge is 2.17. The second kappa shape index (κ2) is 2.34. The highest BCUT2D eigenvalue weighted by molar-refractivity contribution is 5.21. The first-order valence-electron chi connectivity index (χ1n) is 3.40. The summed E-state index contributed by atoms with van der Waals surface area (Å²) >= 11 is 0. The fourth-order valence-corrected chi connectivity index (χ4v) is 0.792. The molecule has 1 aromatic carbocycles. The normalized spacial score (nSPS) is 10.3. The van der Waals surface area contributed by atoms with E-state index in [9.17, 15) is 9.59 Å². The van der Waals surface area contributed by atoms with E-state index in [1.807, 2.05) is 6.07 Å². The van der Waals surface area contributed by atoms with Crippen LogP contribution in [-0.2, 0) is 0 Å². The van der Waals surface area contributed by atoms with Crippen LogP contribution in [0, 0.1) is 0 Å². The van der Waals surface area contributed by atoms with Gasteiger partial charge in [-0.25, -0.2) is 0 Å². The maximum absolute atomic E-state index is 10.5. The molecule has 2 aromatic rings. The van der Waals surface area contributed by atoms with Crippen molar-refractivity contribution in [1.29, 1.82) is 0 Å². The highest BCUT2D eigenvalue weighted by Crippen LogP contribution is 2.07. The third kappa shape index (κ3) is 1.03. The number of nitrogens with zero attached hydrogens (tertiary/aromatic N) is 1. The number of benzene rings is 1. The SMILES string of the molecule is O=c1c(=O)n1Oc1ccccc1. The van der Waals surface area contributed by atoms with Gasteiger partial charge in [0.15, 0.2) is 5.75 Å². The molecule has 0 saturated heterocycles. The average Bonchev–Trinajstić information content (AvgIpc) is 2.65. The smallest absolute Gasteiger partial charge is 0.356 e. The Morgan fingerprint density at radius 3 is 2.08 bits per heavy atom. The summed E-state index contributed by atoms with van der Waals surface area (Å²) in [5.74, 6) is 0.483. The van der Waals surface area contributed by atoms with Crippen molar-refractivity contribution in [3.63, 3.8) is 0 Å². The molecule has 4 heteroatoms. The van der Waals surface area contributed by atoms with E-state index in [1.165, 1.54) is 0 Å². The molecule has 0 aliphatic carbocycles. The summed E-state index contributed by atoms with van der Waals surface area (Å²) in [4.78, 5) is 25.8. The van der Waals surface area contributed by atoms with Crippen LogP contribution >= 0.6 is 0 Å². The molecular weight excluding hydrogens is 158 g/mol. The Morgan fingerprint density at radius 1 is 1.00 bits per heavy atom. The molecule has 4 nitrogen and oxygen atoms in total. The minimum atomic E-state index is -0.598. The Balaban J connectivity index is 2.22. The van der Waals surface area contributed by atoms with E-state index in [4.69, 9.17) is 4.84 Å². The molecule has 60 valence electrons. The Labute approximate surface area is 67.3 Å². The molecule has 0 amide bonds. The molecule has 0 radical (unpaired) electrons. The summed E-state index contributed by atoms with van der Waals surface area (Å²) in [5, 5.41) is 0. The van der Waals surface area contributed by atoms with E-state index < -0.39 is 11.1 Å². The number of rotatable bonds is 2. The predicted octanol–water partition coefficient (Wildman–Crippen LogP) is -0.0738. The van der Waals surface area contributed by atoms with E-state index in [0.717, 1.165) is 4.73 Å². The second-order valence-corrected chi connectivity index (χ2v) is 2.31. The third-order valence-corrected chi connectivity index (χ3v) is 1.44. The number of hydrogen-bond donors (Lipinski definition) is 0. The topological polar surface area (TPSA) is 48.3 Å². The number of para-hydroxylation sites is 1. The van der Waals surface area contributed by atoms with E-state index in [2.05, 4.69) is 0 Å². The molecule has 0 spiro atoms. The molecule has 0 fully saturated rings. The van der Waals surface area contributed by atoms with Crippen molar-refractivity contribution in [1.82, 2.24) is 4.73 Å². The molecule has 0 bridgehead atoms. The van der Waals surface area contributed by atoms with Crippen LogP contribution in [0.25, 0.3) is 0 Å². The molecule has 0 atom stereocenters. The molecule has 1 aromatic heterocycles. The lowest BCUT2D eigenvalue weighted by Crippen LogP contribution is -2.02. The minimum Gasteiger partial charge on any atom is -0.368 e. The van der Waals surface area contributed by atoms with Gasteiger partial charge in [-0.15, -0.1) is 0 Å². The maximum Gasteiger partial charge on any atom is 0.356 e. The van der Waals surface area contributed by atoms with Crippen LogP contribution < -0.4 is 16.0 Å². The first-order valence-corrected chi connectivity index (χ1v) is 3.40. The van der Waals surface area contributed by atoms with E-state index in [-0.39, 0.29) is 0 Å². The van der Waals surface area contributed by atoms with Crippen molar-refractivity contribution in [3.05, 3.63) is 51.0 Å². The van der Waals surface area contributed by atoms with Gasteiger partial charge in [-0.3, -0.25) is 9.59 Å². The lowest BCUT2D eigenvalue weighted by atomic mass is 10.3. The van der Waals surface area contributed by atoms with Crippen molar-refractivity contribution in [2.24, 2.45) is 0 Å². The van der Waals surface area contributed by atoms with Gasteiger partial charge >= 0.3 is 11.1 Å². The van der Waals surface area contributed by atoms with Gasteiger partial charge in [-0.1, -0.05) is 22.9 Å². The van der Waals surface area contributed by atoms with Gasteiger partial charge in [-0.05, 0) is 12.1 Å². The molecule has 0 N–H and O–H groups in total. The maximum atomic E-state index is 10.5. The molecule has 12 heavy (non-hydrogen) atoms. The predicted molar refractivity (Wildman–Crippen MR) is 41.8 cm³/mol. The zero-order valence-electron chi connectivity index (χ0n) is 6.06. The van der Waals surface area contributed by atoms with Gasteiger partial charge in [0.25, 0.3) is 0 Å². The highest BCUT2D eigenvalue weighted by atomic mass is 16.7. The Bertz CT molecular complexity index is 425. The molecule has 0 aliphatic rings. The summed E-state index contributed by atoms with van der Waals surface area (Å²) in [6.07, 6.45) is 0. The first kappa shape index (κ1) is 6.84. The average molecular weight is 163 g/mol. The van der Waals surface area contributed by atoms with E-state index >= 15 is 0 Å². The van der Waals surface area contributed by atoms with Gasteiger partial charge < -0.3 is 4.84 Å². The summed E-state index contributed by atoms with van der Waals surface area (Å²) in [7, 11) is 0. The van der Waals surface area contributed by atoms with Gasteiger partial charge in [0.2, 0.25) is 0 Å². The van der Waals surface area contributed by atoms with Crippen molar-refractivity contribution in [2.45, 2.75) is 0 Å². The van der Waals surface area contributed by atoms with Gasteiger partial charge in [0.1, 0.15) is 0 Å². The Morgan fingerprint density at radius 2 is 1.58 bits per heavy atom. The summed E-state index contributed by atoms with van der Waals surface area (Å²) in [5.41, 5.74) is -1.20. The molecule has 2 rings (SSSR count). The fourth-order valence-electron chi connectivity index (χ4n) is 0.792. The molecule has 0 saturated carbocycles. The summed E-state index contributed by atoms with van der Waals surface area (Å²) < 4.78 is 0.718. The summed E-state index contributed by atoms with van der Waals surface area (Å²) in [6.45, 7) is 0. The van der Waals surface area contributed by atoms with Crippen molar-refractivity contribution in [3.8, 4) is 5.75 Å². The minimum absolute atomic E-state index is 0.483. The fraction of sp³-hybridized carbons (Fsp3) is 0. The van der Waals surface area contributed by atoms with Crippen LogP contribution in [0.3, 0.4) is 0 Å². The van der Waals surface area contributed by atoms with Crippen molar-refractivity contribution in [2.75, 3.05) is 0 Å². The first-order chi connectivity index (χ1) is 5.79. The third-order valence-electron chi connectivity index (χ3n) is 1.44. The number of hydrogen-bond acceptors (Lipinski definition) is 3. The number of aromatic nitrogens is 1. The van der Waals surface area contributed by atoms with Gasteiger partial charge in [0.05, 0.1) is 0 Å². The monoisotopic (exact) mass is 163 g/mol. The lowest BCUT2D eigenvalue weighted by Gasteiger charge is -1.95. The van der Waals surface area contributed by atoms with Crippen LogP contribution in [0.15, 0.2) is 39.9 Å². The standard InChI is InChI=1S/C8H5NO3/c10-7-8(11)9(7)12-6-4-2-1-3-5-6/h1-5H. The molecule has 0 unspecified atom stereocenters. The van der Waals surface area contributed by atoms with Crippen LogP contribution in [-0.4, -0.2) is 4.73 Å². The second-order valence-electron chi connectivity index (χ2n) is 2.31. The van der Waals surface area contributed by atoms with E-state index in [0.29, 0.717) is 5.75 Å². The van der Waals surface area contributed by atoms with Crippen LogP contribution in [0.4, 0.5) is 0 Å². The molecular formula is C8H5NO3. The molecule has 0 aliphatic heterocycles. The van der Waals surface area contributed by atoms with E-state index in [1.54, 1.807) is 24.3 Å². The van der Waals surface area contributed by atoms with Crippen molar-refractivity contribution < 1.29 is 4.84 Å². The molecule has 1 heterocycles. The Kier molecular flexibility index (Phi) is 1.33. The zero-order chi connectivity index (χ0) is 8.55. The van der Waals surface area contributed by atoms with Crippen LogP contribution in [0.2, 0.25) is 0 Å². The quantitative estimate of drug-likeness (QED) is 0.582. The Hall–Kier alpha value is -1.84. The van der Waals surface area contributed by atoms with Crippen LogP contribution in [0.5, 0.6) is 5.75 Å². The van der Waals surface area contributed by atoms with Gasteiger partial charge in [-0.2, -0.15) is 0 Å². The zero-order valence-corrected chi connectivity index (χ0v) is 6.06. The van der Waals surface area contributed by atoms with Crippen LogP contribution in [0.1, 0.15) is 0 Å². The summed E-state index contributed by atoms with van der Waals surface area (Å²) in [6, 6.07) is 8.66. The lowest BCUT2D eigenvalue weighted by molar-refractivity contribution is 0.236. The van der Waals surface area contributed by atoms with Crippen molar-refractivity contribution >= 4 is 0 Å². The van der Waals surface area contributed by atoms with Gasteiger partial charge in [0, 0.05) is 0 Å².